The van der Waals surface area contributed by atoms with Gasteiger partial charge >= 0.3 is 0 Å². The molecule has 41 heavy (non-hydrogen) atoms. The summed E-state index contributed by atoms with van der Waals surface area (Å²) in [7, 11) is 0. The van der Waals surface area contributed by atoms with Crippen LogP contribution in [0.4, 0.5) is 8.78 Å². The minimum atomic E-state index is -0.375. The van der Waals surface area contributed by atoms with Crippen LogP contribution in [-0.4, -0.2) is 23.2 Å². The largest absolute Gasteiger partial charge is 0.484 e. The zero-order valence-electron chi connectivity index (χ0n) is 22.3. The fourth-order valence-corrected chi connectivity index (χ4v) is 5.40. The fraction of sp³-hybridized carbons (Fsp3) is 0.176. The highest BCUT2D eigenvalue weighted by molar-refractivity contribution is 6.08. The Morgan fingerprint density at radius 2 is 1.46 bits per heavy atom. The third-order valence-corrected chi connectivity index (χ3v) is 7.34. The summed E-state index contributed by atoms with van der Waals surface area (Å²) in [5, 5.41) is 6.31. The molecule has 206 valence electrons. The number of nitrogens with zero attached hydrogens (tertiary/aromatic N) is 2. The molecule has 5 nitrogen and oxygen atoms in total. The van der Waals surface area contributed by atoms with Crippen LogP contribution in [0.3, 0.4) is 0 Å². The van der Waals surface area contributed by atoms with E-state index >= 15 is 0 Å². The van der Waals surface area contributed by atoms with Gasteiger partial charge in [0.2, 0.25) is 0 Å². The summed E-state index contributed by atoms with van der Waals surface area (Å²) >= 11 is 0. The Kier molecular flexibility index (Phi) is 7.58. The summed E-state index contributed by atoms with van der Waals surface area (Å²) in [6.07, 6.45) is 4.58. The molecule has 1 heterocycles. The van der Waals surface area contributed by atoms with Gasteiger partial charge < -0.3 is 9.47 Å². The van der Waals surface area contributed by atoms with E-state index in [4.69, 9.17) is 14.6 Å². The lowest BCUT2D eigenvalue weighted by molar-refractivity contribution is -0.135. The van der Waals surface area contributed by atoms with Gasteiger partial charge in [-0.3, -0.25) is 4.79 Å². The monoisotopic (exact) mass is 550 g/mol. The first kappa shape index (κ1) is 26.4. The van der Waals surface area contributed by atoms with Crippen LogP contribution >= 0.6 is 0 Å². The number of para-hydroxylation sites is 1. The molecule has 7 heteroatoms. The molecule has 0 bridgehead atoms. The minimum absolute atomic E-state index is 0.0423. The molecule has 2 aliphatic rings. The zero-order valence-corrected chi connectivity index (χ0v) is 22.3. The van der Waals surface area contributed by atoms with Gasteiger partial charge in [-0.2, -0.15) is 5.10 Å². The molecule has 1 fully saturated rings. The Bertz CT molecular complexity index is 1570. The Hall–Kier alpha value is -4.78. The summed E-state index contributed by atoms with van der Waals surface area (Å²) in [5.74, 6) is 0.935. The van der Waals surface area contributed by atoms with Gasteiger partial charge in [-0.05, 0) is 103 Å². The zero-order chi connectivity index (χ0) is 28.2. The number of ether oxygens (including phenoxy) is 2. The number of carbonyl (C=O) groups excluding carboxylic acids is 1. The number of fused-ring (bicyclic) bond motifs is 1. The molecule has 6 rings (SSSR count). The third-order valence-electron chi connectivity index (χ3n) is 7.34. The Labute approximate surface area is 237 Å². The van der Waals surface area contributed by atoms with Gasteiger partial charge in [-0.15, -0.1) is 0 Å². The van der Waals surface area contributed by atoms with Crippen molar-refractivity contribution in [3.05, 3.63) is 131 Å². The highest BCUT2D eigenvalue weighted by Crippen LogP contribution is 2.44. The molecule has 0 saturated heterocycles. The van der Waals surface area contributed by atoms with E-state index in [1.54, 1.807) is 48.5 Å². The van der Waals surface area contributed by atoms with E-state index in [1.165, 1.54) is 29.3 Å². The van der Waals surface area contributed by atoms with E-state index in [-0.39, 0.29) is 36.1 Å². The second-order valence-corrected chi connectivity index (χ2v) is 10.1. The van der Waals surface area contributed by atoms with Crippen LogP contribution < -0.4 is 9.47 Å². The van der Waals surface area contributed by atoms with Crippen LogP contribution in [0.2, 0.25) is 0 Å². The molecule has 1 amide bonds. The van der Waals surface area contributed by atoms with Gasteiger partial charge in [-0.25, -0.2) is 13.8 Å². The third kappa shape index (κ3) is 6.04. The molecule has 0 spiro atoms. The summed E-state index contributed by atoms with van der Waals surface area (Å²) in [6.45, 7) is -0.211. The number of hydrogen-bond donors (Lipinski definition) is 0. The van der Waals surface area contributed by atoms with Crippen molar-refractivity contribution in [1.82, 2.24) is 5.01 Å². The molecule has 1 aliphatic heterocycles. The number of amides is 1. The standard InChI is InChI=1S/C34H28F2N2O3/c35-26-13-9-23(10-14-26)21-25-5-4-8-31-33(25)37-38(34(31)24-11-15-27(36)16-12-24)32(39)22-40-28-17-19-30(20-18-28)41-29-6-2-1-3-7-29/h1-3,6-7,9-21,31,34H,4-5,8,22H2/b25-21-/t31-,34-/m1/s1. The molecule has 0 aromatic heterocycles. The number of carbonyl (C=O) groups is 1. The van der Waals surface area contributed by atoms with Crippen LogP contribution in [0.1, 0.15) is 36.4 Å². The molecule has 4 aromatic carbocycles. The molecular formula is C34H28F2N2O3. The molecule has 4 aromatic rings. The van der Waals surface area contributed by atoms with Crippen LogP contribution in [0.25, 0.3) is 6.08 Å². The first-order valence-electron chi connectivity index (χ1n) is 13.6. The maximum Gasteiger partial charge on any atom is 0.281 e. The topological polar surface area (TPSA) is 51.1 Å². The Balaban J connectivity index is 1.22. The second-order valence-electron chi connectivity index (χ2n) is 10.1. The van der Waals surface area contributed by atoms with Gasteiger partial charge in [0.25, 0.3) is 5.91 Å². The van der Waals surface area contributed by atoms with Crippen molar-refractivity contribution < 1.29 is 23.0 Å². The molecule has 0 N–H and O–H groups in total. The average Bonchev–Trinajstić information content (AvgIpc) is 3.40. The molecule has 0 unspecified atom stereocenters. The van der Waals surface area contributed by atoms with Crippen molar-refractivity contribution in [2.75, 3.05) is 6.61 Å². The number of hydrogen-bond acceptors (Lipinski definition) is 4. The molecule has 1 saturated carbocycles. The number of benzene rings is 4. The summed E-state index contributed by atoms with van der Waals surface area (Å²) < 4.78 is 38.9. The Morgan fingerprint density at radius 1 is 0.829 bits per heavy atom. The number of halogens is 2. The van der Waals surface area contributed by atoms with E-state index in [1.807, 2.05) is 36.4 Å². The van der Waals surface area contributed by atoms with Gasteiger partial charge in [0, 0.05) is 5.92 Å². The van der Waals surface area contributed by atoms with E-state index in [9.17, 15) is 13.6 Å². The van der Waals surface area contributed by atoms with Crippen LogP contribution in [0.5, 0.6) is 17.2 Å². The van der Waals surface area contributed by atoms with Gasteiger partial charge in [0.05, 0.1) is 11.8 Å². The van der Waals surface area contributed by atoms with Crippen LogP contribution in [0, 0.1) is 17.6 Å². The van der Waals surface area contributed by atoms with Gasteiger partial charge in [0.1, 0.15) is 28.9 Å². The number of allylic oxidation sites excluding steroid dienone is 1. The predicted octanol–water partition coefficient (Wildman–Crippen LogP) is 7.96. The van der Waals surface area contributed by atoms with E-state index in [2.05, 4.69) is 0 Å². The summed E-state index contributed by atoms with van der Waals surface area (Å²) in [4.78, 5) is 13.6. The highest BCUT2D eigenvalue weighted by atomic mass is 19.1. The van der Waals surface area contributed by atoms with Crippen molar-refractivity contribution in [2.24, 2.45) is 11.0 Å². The van der Waals surface area contributed by atoms with E-state index < -0.39 is 0 Å². The highest BCUT2D eigenvalue weighted by Gasteiger charge is 2.43. The minimum Gasteiger partial charge on any atom is -0.484 e. The number of rotatable bonds is 7. The average molecular weight is 551 g/mol. The molecule has 1 aliphatic carbocycles. The van der Waals surface area contributed by atoms with Crippen molar-refractivity contribution in [2.45, 2.75) is 25.3 Å². The van der Waals surface area contributed by atoms with Gasteiger partial charge in [-0.1, -0.05) is 42.5 Å². The normalized spacial score (nSPS) is 19.0. The van der Waals surface area contributed by atoms with Crippen molar-refractivity contribution in [1.29, 1.82) is 0 Å². The SMILES string of the molecule is O=C(COc1ccc(Oc2ccccc2)cc1)N1N=C2/C(=C\c3ccc(F)cc3)CCC[C@H]2[C@H]1c1ccc(F)cc1. The van der Waals surface area contributed by atoms with Crippen molar-refractivity contribution in [3.8, 4) is 17.2 Å². The quantitative estimate of drug-likeness (QED) is 0.235. The van der Waals surface area contributed by atoms with Crippen molar-refractivity contribution >= 4 is 17.7 Å². The maximum atomic E-state index is 13.8. The van der Waals surface area contributed by atoms with Crippen LogP contribution in [-0.2, 0) is 4.79 Å². The summed E-state index contributed by atoms with van der Waals surface area (Å²) in [5.41, 5.74) is 3.54. The fourth-order valence-electron chi connectivity index (χ4n) is 5.40. The smallest absolute Gasteiger partial charge is 0.281 e. The van der Waals surface area contributed by atoms with E-state index in [0.717, 1.165) is 47.4 Å². The summed E-state index contributed by atoms with van der Waals surface area (Å²) in [6, 6.07) is 28.7. The van der Waals surface area contributed by atoms with Crippen LogP contribution in [0.15, 0.2) is 114 Å². The van der Waals surface area contributed by atoms with E-state index in [0.29, 0.717) is 11.5 Å². The lowest BCUT2D eigenvalue weighted by atomic mass is 9.77. The molecular weight excluding hydrogens is 522 g/mol. The Morgan fingerprint density at radius 3 is 2.17 bits per heavy atom. The lowest BCUT2D eigenvalue weighted by Crippen LogP contribution is -2.34. The molecule has 0 radical (unpaired) electrons. The van der Waals surface area contributed by atoms with Crippen molar-refractivity contribution in [3.63, 3.8) is 0 Å². The molecule has 2 atom stereocenters. The van der Waals surface area contributed by atoms with Gasteiger partial charge in [0.15, 0.2) is 6.61 Å². The second kappa shape index (κ2) is 11.8. The lowest BCUT2D eigenvalue weighted by Gasteiger charge is -2.29. The number of hydrazone groups is 1. The first-order chi connectivity index (χ1) is 20.0. The maximum absolute atomic E-state index is 13.8. The predicted molar refractivity (Wildman–Crippen MR) is 154 cm³/mol. The first-order valence-corrected chi connectivity index (χ1v) is 13.6.